The quantitative estimate of drug-likeness (QED) is 0.157. The summed E-state index contributed by atoms with van der Waals surface area (Å²) in [5.41, 5.74) is 3.36. The van der Waals surface area contributed by atoms with Gasteiger partial charge in [-0.2, -0.15) is 0 Å². The minimum absolute atomic E-state index is 0.00452. The van der Waals surface area contributed by atoms with Crippen LogP contribution in [0.15, 0.2) is 72.8 Å². The molecule has 10 heteroatoms. The van der Waals surface area contributed by atoms with Crippen LogP contribution in [0.5, 0.6) is 0 Å². The number of esters is 2. The van der Waals surface area contributed by atoms with Crippen LogP contribution >= 0.6 is 0 Å². The molecule has 1 heterocycles. The van der Waals surface area contributed by atoms with Crippen molar-refractivity contribution < 1.29 is 38.5 Å². The number of alkyl carbamates (subject to hydrolysis) is 1. The van der Waals surface area contributed by atoms with Crippen LogP contribution in [-0.4, -0.2) is 57.5 Å². The zero-order chi connectivity index (χ0) is 34.1. The van der Waals surface area contributed by atoms with Gasteiger partial charge in [0.1, 0.15) is 36.1 Å². The van der Waals surface area contributed by atoms with Gasteiger partial charge in [-0.1, -0.05) is 66.7 Å². The van der Waals surface area contributed by atoms with E-state index in [-0.39, 0.29) is 31.2 Å². The number of hydrogen-bond acceptors (Lipinski definition) is 7. The summed E-state index contributed by atoms with van der Waals surface area (Å²) in [6.45, 7) is 10.1. The van der Waals surface area contributed by atoms with E-state index in [1.807, 2.05) is 48.5 Å². The first-order valence-electron chi connectivity index (χ1n) is 15.5. The molecule has 5 rings (SSSR count). The summed E-state index contributed by atoms with van der Waals surface area (Å²) in [7, 11) is 0. The SMILES string of the molecule is CC(C)(C)OC(=O)Cn1c(C(=O)OC(C)(C)C)c(C[C@@H](NC(=O)OCC2c3ccccc3-c3ccccc32)C(=O)O)c2ccccc21. The fourth-order valence-corrected chi connectivity index (χ4v) is 6.00. The van der Waals surface area contributed by atoms with Crippen molar-refractivity contribution in [3.63, 3.8) is 0 Å². The summed E-state index contributed by atoms with van der Waals surface area (Å²) >= 11 is 0. The monoisotopic (exact) mass is 640 g/mol. The molecule has 1 aromatic heterocycles. The standard InChI is InChI=1S/C37H40N2O8/c1-36(2,3)46-31(40)20-39-30-18-12-11-17-26(30)27(32(39)34(43)47-37(4,5)6)19-29(33(41)42)38-35(44)45-21-28-24-15-9-7-13-22(24)23-14-8-10-16-25(23)28/h7-18,28-29H,19-21H2,1-6H3,(H,38,44)(H,41,42)/t29-/m1/s1. The number of aliphatic carboxylic acids is 1. The lowest BCUT2D eigenvalue weighted by Gasteiger charge is -2.23. The molecule has 1 aliphatic rings. The molecule has 2 N–H and O–H groups in total. The zero-order valence-electron chi connectivity index (χ0n) is 27.5. The largest absolute Gasteiger partial charge is 0.480 e. The number of carbonyl (C=O) groups excluding carboxylic acids is 3. The number of ether oxygens (including phenoxy) is 3. The van der Waals surface area contributed by atoms with Gasteiger partial charge in [0.15, 0.2) is 0 Å². The second kappa shape index (κ2) is 12.9. The zero-order valence-corrected chi connectivity index (χ0v) is 27.5. The molecule has 3 aromatic carbocycles. The highest BCUT2D eigenvalue weighted by Gasteiger charge is 2.33. The van der Waals surface area contributed by atoms with Crippen LogP contribution in [0.1, 0.15) is 74.6 Å². The third-order valence-electron chi connectivity index (χ3n) is 7.72. The summed E-state index contributed by atoms with van der Waals surface area (Å²) in [5, 5.41) is 13.2. The number of fused-ring (bicyclic) bond motifs is 4. The highest BCUT2D eigenvalue weighted by molar-refractivity contribution is 6.00. The van der Waals surface area contributed by atoms with Gasteiger partial charge in [-0.05, 0) is 75.4 Å². The topological polar surface area (TPSA) is 133 Å². The first-order valence-corrected chi connectivity index (χ1v) is 15.5. The summed E-state index contributed by atoms with van der Waals surface area (Å²) in [4.78, 5) is 52.4. The van der Waals surface area contributed by atoms with E-state index in [2.05, 4.69) is 5.32 Å². The van der Waals surface area contributed by atoms with Gasteiger partial charge in [0, 0.05) is 23.2 Å². The Bertz CT molecular complexity index is 1800. The van der Waals surface area contributed by atoms with Crippen LogP contribution in [0.3, 0.4) is 0 Å². The number of rotatable bonds is 9. The Morgan fingerprint density at radius 1 is 0.809 bits per heavy atom. The lowest BCUT2D eigenvalue weighted by Crippen LogP contribution is -2.43. The molecule has 10 nitrogen and oxygen atoms in total. The number of nitrogens with one attached hydrogen (secondary N) is 1. The second-order valence-electron chi connectivity index (χ2n) is 13.6. The Hall–Kier alpha value is -5.12. The summed E-state index contributed by atoms with van der Waals surface area (Å²) in [6.07, 6.45) is -1.19. The molecule has 0 unspecified atom stereocenters. The Kier molecular flexibility index (Phi) is 9.15. The minimum atomic E-state index is -1.47. The number of hydrogen-bond donors (Lipinski definition) is 2. The smallest absolute Gasteiger partial charge is 0.407 e. The molecule has 1 aliphatic carbocycles. The van der Waals surface area contributed by atoms with E-state index in [0.29, 0.717) is 16.5 Å². The van der Waals surface area contributed by atoms with Gasteiger partial charge in [-0.25, -0.2) is 14.4 Å². The molecule has 0 bridgehead atoms. The molecule has 0 spiro atoms. The molecule has 1 amide bonds. The highest BCUT2D eigenvalue weighted by atomic mass is 16.6. The van der Waals surface area contributed by atoms with Crippen molar-refractivity contribution in [3.05, 3.63) is 95.2 Å². The van der Waals surface area contributed by atoms with E-state index < -0.39 is 41.2 Å². The summed E-state index contributed by atoms with van der Waals surface area (Å²) < 4.78 is 18.4. The normalized spacial score (nSPS) is 13.4. The maximum atomic E-state index is 13.7. The van der Waals surface area contributed by atoms with Crippen LogP contribution in [0.4, 0.5) is 4.79 Å². The number of para-hydroxylation sites is 1. The number of benzene rings is 3. The minimum Gasteiger partial charge on any atom is -0.480 e. The number of nitrogens with zero attached hydrogens (tertiary/aromatic N) is 1. The number of amides is 1. The van der Waals surface area contributed by atoms with Crippen molar-refractivity contribution in [1.82, 2.24) is 9.88 Å². The first kappa shape index (κ1) is 33.2. The van der Waals surface area contributed by atoms with Gasteiger partial charge in [-0.15, -0.1) is 0 Å². The summed E-state index contributed by atoms with van der Waals surface area (Å²) in [6, 6.07) is 21.3. The van der Waals surface area contributed by atoms with Gasteiger partial charge in [0.05, 0.1) is 0 Å². The lowest BCUT2D eigenvalue weighted by atomic mass is 9.98. The highest BCUT2D eigenvalue weighted by Crippen LogP contribution is 2.44. The van der Waals surface area contributed by atoms with Crippen molar-refractivity contribution in [3.8, 4) is 11.1 Å². The third-order valence-corrected chi connectivity index (χ3v) is 7.72. The Morgan fingerprint density at radius 2 is 1.36 bits per heavy atom. The van der Waals surface area contributed by atoms with E-state index in [9.17, 15) is 24.3 Å². The molecule has 246 valence electrons. The van der Waals surface area contributed by atoms with Crippen molar-refractivity contribution in [2.24, 2.45) is 0 Å². The van der Waals surface area contributed by atoms with Gasteiger partial charge in [0.25, 0.3) is 0 Å². The Morgan fingerprint density at radius 3 is 1.94 bits per heavy atom. The van der Waals surface area contributed by atoms with Crippen LogP contribution in [0.25, 0.3) is 22.0 Å². The fraction of sp³-hybridized carbons (Fsp3) is 0.351. The van der Waals surface area contributed by atoms with Crippen molar-refractivity contribution >= 4 is 34.9 Å². The van der Waals surface area contributed by atoms with Crippen molar-refractivity contribution in [1.29, 1.82) is 0 Å². The number of carboxylic acids is 1. The van der Waals surface area contributed by atoms with Gasteiger partial charge in [-0.3, -0.25) is 4.79 Å². The summed E-state index contributed by atoms with van der Waals surface area (Å²) in [5.74, 6) is -2.85. The van der Waals surface area contributed by atoms with Gasteiger partial charge < -0.3 is 29.2 Å². The molecule has 0 aliphatic heterocycles. The van der Waals surface area contributed by atoms with E-state index in [1.165, 1.54) is 4.57 Å². The molecule has 47 heavy (non-hydrogen) atoms. The third kappa shape index (κ3) is 7.48. The van der Waals surface area contributed by atoms with Crippen LogP contribution in [0, 0.1) is 0 Å². The molecule has 0 fully saturated rings. The average molecular weight is 641 g/mol. The van der Waals surface area contributed by atoms with Crippen molar-refractivity contribution in [2.75, 3.05) is 6.61 Å². The second-order valence-corrected chi connectivity index (χ2v) is 13.6. The van der Waals surface area contributed by atoms with Crippen LogP contribution in [0.2, 0.25) is 0 Å². The van der Waals surface area contributed by atoms with Gasteiger partial charge >= 0.3 is 24.0 Å². The fourth-order valence-electron chi connectivity index (χ4n) is 6.00. The van der Waals surface area contributed by atoms with Crippen LogP contribution < -0.4 is 5.32 Å². The van der Waals surface area contributed by atoms with Gasteiger partial charge in [0.2, 0.25) is 0 Å². The predicted octanol–water partition coefficient (Wildman–Crippen LogP) is 6.47. The number of carboxylic acid groups (broad SMARTS) is 1. The Balaban J connectivity index is 1.43. The average Bonchev–Trinajstić information content (AvgIpc) is 3.46. The number of carbonyl (C=O) groups is 4. The molecule has 4 aromatic rings. The van der Waals surface area contributed by atoms with E-state index in [4.69, 9.17) is 14.2 Å². The maximum Gasteiger partial charge on any atom is 0.407 e. The van der Waals surface area contributed by atoms with Crippen LogP contribution in [-0.2, 0) is 36.8 Å². The molecule has 1 atom stereocenters. The van der Waals surface area contributed by atoms with E-state index in [1.54, 1.807) is 65.8 Å². The molecule has 0 radical (unpaired) electrons. The van der Waals surface area contributed by atoms with Crippen molar-refractivity contribution in [2.45, 2.75) is 77.7 Å². The number of aromatic nitrogens is 1. The molecular weight excluding hydrogens is 600 g/mol. The van der Waals surface area contributed by atoms with E-state index in [0.717, 1.165) is 22.3 Å². The lowest BCUT2D eigenvalue weighted by molar-refractivity contribution is -0.155. The molecular formula is C37H40N2O8. The molecule has 0 saturated carbocycles. The molecule has 0 saturated heterocycles. The first-order chi connectivity index (χ1) is 22.1. The Labute approximate surface area is 273 Å². The predicted molar refractivity (Wildman–Crippen MR) is 176 cm³/mol. The van der Waals surface area contributed by atoms with E-state index >= 15 is 0 Å². The maximum absolute atomic E-state index is 13.7.